The van der Waals surface area contributed by atoms with E-state index in [9.17, 15) is 9.59 Å². The highest BCUT2D eigenvalue weighted by molar-refractivity contribution is 7.00. The molecular formula is C19H16N4O2S. The summed E-state index contributed by atoms with van der Waals surface area (Å²) in [6.07, 6.45) is 0. The Morgan fingerprint density at radius 2 is 1.73 bits per heavy atom. The maximum atomic E-state index is 12.1. The summed E-state index contributed by atoms with van der Waals surface area (Å²) in [5, 5.41) is 2.75. The normalized spacial score (nSPS) is 10.1. The highest BCUT2D eigenvalue weighted by Crippen LogP contribution is 2.13. The SMILES string of the molecule is CN(C)C(=O)c1ccc(C#CCNC(=O)c2ccc3nsnc3c2)cc1. The van der Waals surface area contributed by atoms with E-state index in [0.717, 1.165) is 22.8 Å². The Morgan fingerprint density at radius 3 is 2.46 bits per heavy atom. The van der Waals surface area contributed by atoms with Crippen LogP contribution < -0.4 is 5.32 Å². The molecule has 7 heteroatoms. The number of hydrogen-bond acceptors (Lipinski definition) is 5. The molecule has 6 nitrogen and oxygen atoms in total. The lowest BCUT2D eigenvalue weighted by atomic mass is 10.1. The summed E-state index contributed by atoms with van der Waals surface area (Å²) in [5.41, 5.74) is 3.41. The van der Waals surface area contributed by atoms with Crippen molar-refractivity contribution in [2.45, 2.75) is 0 Å². The summed E-state index contributed by atoms with van der Waals surface area (Å²) < 4.78 is 8.23. The van der Waals surface area contributed by atoms with Gasteiger partial charge in [0.1, 0.15) is 11.0 Å². The molecule has 2 aromatic carbocycles. The lowest BCUT2D eigenvalue weighted by Crippen LogP contribution is -2.23. The van der Waals surface area contributed by atoms with Crippen LogP contribution in [0.3, 0.4) is 0 Å². The second-order valence-electron chi connectivity index (χ2n) is 5.73. The minimum absolute atomic E-state index is 0.0518. The Morgan fingerprint density at radius 1 is 1.04 bits per heavy atom. The third-order valence-corrected chi connectivity index (χ3v) is 4.18. The average Bonchev–Trinajstić information content (AvgIpc) is 3.12. The number of nitrogens with zero attached hydrogens (tertiary/aromatic N) is 3. The van der Waals surface area contributed by atoms with Gasteiger partial charge in [0.25, 0.3) is 11.8 Å². The number of nitrogens with one attached hydrogen (secondary N) is 1. The van der Waals surface area contributed by atoms with Crippen LogP contribution in [0.25, 0.3) is 11.0 Å². The molecule has 0 saturated carbocycles. The fourth-order valence-electron chi connectivity index (χ4n) is 2.25. The predicted molar refractivity (Wildman–Crippen MR) is 101 cm³/mol. The van der Waals surface area contributed by atoms with E-state index >= 15 is 0 Å². The van der Waals surface area contributed by atoms with Crippen LogP contribution >= 0.6 is 11.7 Å². The monoisotopic (exact) mass is 364 g/mol. The molecule has 3 rings (SSSR count). The molecule has 0 aliphatic heterocycles. The van der Waals surface area contributed by atoms with Gasteiger partial charge in [-0.3, -0.25) is 9.59 Å². The van der Waals surface area contributed by atoms with Crippen molar-refractivity contribution in [2.24, 2.45) is 0 Å². The van der Waals surface area contributed by atoms with Gasteiger partial charge in [-0.05, 0) is 42.5 Å². The van der Waals surface area contributed by atoms with Crippen LogP contribution in [0.2, 0.25) is 0 Å². The van der Waals surface area contributed by atoms with E-state index in [2.05, 4.69) is 25.9 Å². The van der Waals surface area contributed by atoms with Crippen LogP contribution in [-0.4, -0.2) is 46.1 Å². The molecule has 26 heavy (non-hydrogen) atoms. The van der Waals surface area contributed by atoms with E-state index < -0.39 is 0 Å². The van der Waals surface area contributed by atoms with Crippen molar-refractivity contribution in [2.75, 3.05) is 20.6 Å². The number of hydrogen-bond donors (Lipinski definition) is 1. The third kappa shape index (κ3) is 4.05. The second kappa shape index (κ2) is 7.76. The molecule has 130 valence electrons. The molecule has 3 aromatic rings. The van der Waals surface area contributed by atoms with Crippen LogP contribution in [0.5, 0.6) is 0 Å². The summed E-state index contributed by atoms with van der Waals surface area (Å²) in [6.45, 7) is 0.227. The summed E-state index contributed by atoms with van der Waals surface area (Å²) in [7, 11) is 3.42. The molecule has 2 amide bonds. The predicted octanol–water partition coefficient (Wildman–Crippen LogP) is 2.17. The van der Waals surface area contributed by atoms with Crippen molar-refractivity contribution in [3.63, 3.8) is 0 Å². The van der Waals surface area contributed by atoms with Crippen LogP contribution in [-0.2, 0) is 0 Å². The zero-order valence-electron chi connectivity index (χ0n) is 14.3. The molecule has 0 unspecified atom stereocenters. The molecule has 0 fully saturated rings. The van der Waals surface area contributed by atoms with Gasteiger partial charge in [0.2, 0.25) is 0 Å². The lowest BCUT2D eigenvalue weighted by molar-refractivity contribution is 0.0827. The molecule has 0 saturated heterocycles. The first kappa shape index (κ1) is 17.6. The lowest BCUT2D eigenvalue weighted by Gasteiger charge is -2.09. The molecule has 0 radical (unpaired) electrons. The first-order valence-electron chi connectivity index (χ1n) is 7.86. The van der Waals surface area contributed by atoms with Crippen LogP contribution in [0, 0.1) is 11.8 Å². The molecule has 0 spiro atoms. The van der Waals surface area contributed by atoms with E-state index in [0.29, 0.717) is 16.6 Å². The summed E-state index contributed by atoms with van der Waals surface area (Å²) in [4.78, 5) is 25.5. The fourth-order valence-corrected chi connectivity index (χ4v) is 2.77. The minimum atomic E-state index is -0.207. The number of rotatable bonds is 3. The van der Waals surface area contributed by atoms with Crippen LogP contribution in [0.1, 0.15) is 26.3 Å². The van der Waals surface area contributed by atoms with Gasteiger partial charge in [0, 0.05) is 30.8 Å². The molecule has 0 aliphatic rings. The standard InChI is InChI=1S/C19H16N4O2S/c1-23(2)19(25)14-7-5-13(6-8-14)4-3-11-20-18(24)15-9-10-16-17(12-15)22-26-21-16/h5-10,12H,11H2,1-2H3,(H,20,24). The number of carbonyl (C=O) groups is 2. The maximum Gasteiger partial charge on any atom is 0.253 e. The minimum Gasteiger partial charge on any atom is -0.345 e. The molecular weight excluding hydrogens is 348 g/mol. The van der Waals surface area contributed by atoms with Crippen LogP contribution in [0.15, 0.2) is 42.5 Å². The van der Waals surface area contributed by atoms with Gasteiger partial charge in [0.15, 0.2) is 0 Å². The highest BCUT2D eigenvalue weighted by atomic mass is 32.1. The Labute approximate surface area is 155 Å². The van der Waals surface area contributed by atoms with E-state index in [-0.39, 0.29) is 18.4 Å². The van der Waals surface area contributed by atoms with Crippen molar-refractivity contribution in [3.8, 4) is 11.8 Å². The smallest absolute Gasteiger partial charge is 0.253 e. The van der Waals surface area contributed by atoms with Gasteiger partial charge in [-0.2, -0.15) is 8.75 Å². The Bertz CT molecular complexity index is 1010. The fraction of sp³-hybridized carbons (Fsp3) is 0.158. The number of aromatic nitrogens is 2. The van der Waals surface area contributed by atoms with Gasteiger partial charge in [-0.25, -0.2) is 0 Å². The molecule has 0 bridgehead atoms. The first-order valence-corrected chi connectivity index (χ1v) is 8.59. The van der Waals surface area contributed by atoms with Gasteiger partial charge < -0.3 is 10.2 Å². The number of benzene rings is 2. The first-order chi connectivity index (χ1) is 12.5. The van der Waals surface area contributed by atoms with E-state index in [4.69, 9.17) is 0 Å². The van der Waals surface area contributed by atoms with Crippen molar-refractivity contribution in [1.29, 1.82) is 0 Å². The Balaban J connectivity index is 1.58. The summed E-state index contributed by atoms with van der Waals surface area (Å²) in [6, 6.07) is 12.2. The molecule has 0 aliphatic carbocycles. The van der Waals surface area contributed by atoms with Gasteiger partial charge >= 0.3 is 0 Å². The highest BCUT2D eigenvalue weighted by Gasteiger charge is 2.07. The van der Waals surface area contributed by atoms with Crippen molar-refractivity contribution < 1.29 is 9.59 Å². The number of carbonyl (C=O) groups excluding carboxylic acids is 2. The van der Waals surface area contributed by atoms with Gasteiger partial charge in [-0.1, -0.05) is 11.8 Å². The van der Waals surface area contributed by atoms with E-state index in [1.807, 2.05) is 0 Å². The van der Waals surface area contributed by atoms with Gasteiger partial charge in [-0.15, -0.1) is 0 Å². The average molecular weight is 364 g/mol. The van der Waals surface area contributed by atoms with Crippen molar-refractivity contribution >= 4 is 34.6 Å². The van der Waals surface area contributed by atoms with Crippen LogP contribution in [0.4, 0.5) is 0 Å². The Kier molecular flexibility index (Phi) is 5.25. The zero-order valence-corrected chi connectivity index (χ0v) is 15.1. The van der Waals surface area contributed by atoms with E-state index in [1.54, 1.807) is 56.6 Å². The largest absolute Gasteiger partial charge is 0.345 e. The van der Waals surface area contributed by atoms with E-state index in [1.165, 1.54) is 4.90 Å². The number of fused-ring (bicyclic) bond motifs is 1. The maximum absolute atomic E-state index is 12.1. The summed E-state index contributed by atoms with van der Waals surface area (Å²) >= 11 is 1.12. The second-order valence-corrected chi connectivity index (χ2v) is 6.26. The quantitative estimate of drug-likeness (QED) is 0.723. The van der Waals surface area contributed by atoms with Crippen molar-refractivity contribution in [3.05, 3.63) is 59.2 Å². The molecule has 1 aromatic heterocycles. The van der Waals surface area contributed by atoms with Crippen molar-refractivity contribution in [1.82, 2.24) is 19.0 Å². The topological polar surface area (TPSA) is 75.2 Å². The Hall–Kier alpha value is -3.24. The third-order valence-electron chi connectivity index (χ3n) is 3.62. The van der Waals surface area contributed by atoms with Gasteiger partial charge in [0.05, 0.1) is 18.3 Å². The molecule has 1 N–H and O–H groups in total. The molecule has 0 atom stereocenters. The zero-order chi connectivity index (χ0) is 18.5. The summed E-state index contributed by atoms with van der Waals surface area (Å²) in [5.74, 6) is 5.61. The molecule has 1 heterocycles. The number of amides is 2.